The van der Waals surface area contributed by atoms with Crippen LogP contribution in [0.1, 0.15) is 0 Å². The lowest BCUT2D eigenvalue weighted by atomic mass is 10.3. The highest BCUT2D eigenvalue weighted by Crippen LogP contribution is 2.11. The molecule has 116 valence electrons. The van der Waals surface area contributed by atoms with E-state index in [1.54, 1.807) is 12.1 Å². The van der Waals surface area contributed by atoms with Gasteiger partial charge in [0.05, 0.1) is 12.9 Å². The second-order valence-corrected chi connectivity index (χ2v) is 5.12. The summed E-state index contributed by atoms with van der Waals surface area (Å²) in [7, 11) is 0. The van der Waals surface area contributed by atoms with Gasteiger partial charge in [-0.15, -0.1) is 0 Å². The second kappa shape index (κ2) is 6.98. The van der Waals surface area contributed by atoms with Gasteiger partial charge in [0.15, 0.2) is 0 Å². The maximum Gasteiger partial charge on any atom is 0.404 e. The summed E-state index contributed by atoms with van der Waals surface area (Å²) in [4.78, 5) is 26.6. The normalized spacial score (nSPS) is 11.5. The van der Waals surface area contributed by atoms with Gasteiger partial charge in [-0.1, -0.05) is 15.9 Å². The third kappa shape index (κ3) is 3.79. The summed E-state index contributed by atoms with van der Waals surface area (Å²) in [6, 6.07) is 3.34. The van der Waals surface area contributed by atoms with Gasteiger partial charge in [0.1, 0.15) is 12.1 Å². The highest BCUT2D eigenvalue weighted by Gasteiger charge is 2.10. The van der Waals surface area contributed by atoms with Crippen LogP contribution in [0.25, 0.3) is 5.82 Å². The Balaban J connectivity index is 2.21. The van der Waals surface area contributed by atoms with Crippen LogP contribution in [-0.4, -0.2) is 37.1 Å². The van der Waals surface area contributed by atoms with Crippen LogP contribution >= 0.6 is 15.9 Å². The van der Waals surface area contributed by atoms with Gasteiger partial charge in [0, 0.05) is 17.2 Å². The van der Waals surface area contributed by atoms with E-state index in [2.05, 4.69) is 26.0 Å². The first-order chi connectivity index (χ1) is 10.5. The van der Waals surface area contributed by atoms with Crippen LogP contribution in [0, 0.1) is 0 Å². The largest absolute Gasteiger partial charge is 0.465 e. The van der Waals surface area contributed by atoms with Crippen molar-refractivity contribution in [3.05, 3.63) is 51.5 Å². The standard InChI is InChI=1S/C12H11BrFN5O3/c13-9-1-2-15-10(3-9)18-7-17-19(12(18)22)6-8(4-14)5-16-11(20)21/h1-4,7,16H,5-6H2,(H,20,21)/b8-4+. The van der Waals surface area contributed by atoms with Crippen molar-refractivity contribution in [2.24, 2.45) is 0 Å². The minimum atomic E-state index is -1.28. The molecule has 0 aliphatic rings. The van der Waals surface area contributed by atoms with E-state index in [1.165, 1.54) is 17.1 Å². The monoisotopic (exact) mass is 371 g/mol. The van der Waals surface area contributed by atoms with Crippen LogP contribution in [0.2, 0.25) is 0 Å². The number of hydrogen-bond acceptors (Lipinski definition) is 4. The molecular formula is C12H11BrFN5O3. The third-order valence-corrected chi connectivity index (χ3v) is 3.15. The first-order valence-corrected chi connectivity index (χ1v) is 6.82. The van der Waals surface area contributed by atoms with Gasteiger partial charge in [0.2, 0.25) is 0 Å². The molecule has 2 heterocycles. The molecule has 2 N–H and O–H groups in total. The molecule has 0 spiro atoms. The summed E-state index contributed by atoms with van der Waals surface area (Å²) >= 11 is 3.27. The van der Waals surface area contributed by atoms with Crippen molar-refractivity contribution in [3.63, 3.8) is 0 Å². The summed E-state index contributed by atoms with van der Waals surface area (Å²) in [5, 5.41) is 14.4. The number of halogens is 2. The Bertz CT molecular complexity index is 770. The zero-order chi connectivity index (χ0) is 16.1. The molecule has 22 heavy (non-hydrogen) atoms. The SMILES string of the molecule is O=C(O)NC/C(=C\F)Cn1ncn(-c2cc(Br)ccn2)c1=O. The summed E-state index contributed by atoms with van der Waals surface area (Å²) in [6.07, 6.45) is 1.75. The minimum Gasteiger partial charge on any atom is -0.465 e. The molecule has 0 atom stereocenters. The van der Waals surface area contributed by atoms with E-state index in [4.69, 9.17) is 5.11 Å². The number of carboxylic acid groups (broad SMARTS) is 1. The lowest BCUT2D eigenvalue weighted by molar-refractivity contribution is 0.195. The van der Waals surface area contributed by atoms with Crippen LogP contribution in [0.15, 0.2) is 45.8 Å². The van der Waals surface area contributed by atoms with Crippen molar-refractivity contribution in [1.82, 2.24) is 24.6 Å². The molecule has 8 nitrogen and oxygen atoms in total. The molecule has 0 aromatic carbocycles. The Morgan fingerprint density at radius 3 is 2.95 bits per heavy atom. The van der Waals surface area contributed by atoms with Crippen LogP contribution in [-0.2, 0) is 6.54 Å². The summed E-state index contributed by atoms with van der Waals surface area (Å²) in [5.74, 6) is 0.361. The Kier molecular flexibility index (Phi) is 5.04. The number of rotatable bonds is 5. The zero-order valence-corrected chi connectivity index (χ0v) is 12.7. The molecule has 0 aliphatic heterocycles. The predicted octanol–water partition coefficient (Wildman–Crippen LogP) is 1.31. The van der Waals surface area contributed by atoms with E-state index >= 15 is 0 Å². The van der Waals surface area contributed by atoms with E-state index in [0.29, 0.717) is 5.82 Å². The average molecular weight is 372 g/mol. The Labute approximate surface area is 132 Å². The first kappa shape index (κ1) is 15.9. The summed E-state index contributed by atoms with van der Waals surface area (Å²) in [6.45, 7) is -0.406. The first-order valence-electron chi connectivity index (χ1n) is 6.02. The number of hydrogen-bond donors (Lipinski definition) is 2. The number of nitrogens with one attached hydrogen (secondary N) is 1. The fraction of sp³-hybridized carbons (Fsp3) is 0.167. The fourth-order valence-electron chi connectivity index (χ4n) is 1.64. The van der Waals surface area contributed by atoms with Gasteiger partial charge < -0.3 is 10.4 Å². The van der Waals surface area contributed by atoms with Crippen molar-refractivity contribution in [2.45, 2.75) is 6.54 Å². The summed E-state index contributed by atoms with van der Waals surface area (Å²) < 4.78 is 15.7. The molecule has 2 rings (SSSR count). The van der Waals surface area contributed by atoms with Gasteiger partial charge >= 0.3 is 11.8 Å². The topological polar surface area (TPSA) is 102 Å². The fourth-order valence-corrected chi connectivity index (χ4v) is 1.96. The quantitative estimate of drug-likeness (QED) is 0.824. The Morgan fingerprint density at radius 1 is 1.55 bits per heavy atom. The van der Waals surface area contributed by atoms with E-state index in [0.717, 1.165) is 9.15 Å². The number of carbonyl (C=O) groups is 1. The van der Waals surface area contributed by atoms with Gasteiger partial charge in [-0.3, -0.25) is 0 Å². The van der Waals surface area contributed by atoms with Gasteiger partial charge in [-0.2, -0.15) is 5.10 Å². The molecule has 0 aliphatic carbocycles. The van der Waals surface area contributed by atoms with E-state index in [-0.39, 0.29) is 25.0 Å². The molecule has 0 bridgehead atoms. The van der Waals surface area contributed by atoms with Crippen molar-refractivity contribution in [1.29, 1.82) is 0 Å². The number of aromatic nitrogens is 4. The Morgan fingerprint density at radius 2 is 2.32 bits per heavy atom. The Hall–Kier alpha value is -2.49. The smallest absolute Gasteiger partial charge is 0.404 e. The van der Waals surface area contributed by atoms with Crippen LogP contribution in [0.5, 0.6) is 0 Å². The molecule has 1 amide bonds. The molecule has 0 saturated heterocycles. The van der Waals surface area contributed by atoms with Crippen molar-refractivity contribution < 1.29 is 14.3 Å². The molecule has 2 aromatic heterocycles. The predicted molar refractivity (Wildman–Crippen MR) is 78.5 cm³/mol. The summed E-state index contributed by atoms with van der Waals surface area (Å²) in [5.41, 5.74) is -0.447. The molecule has 2 aromatic rings. The molecular weight excluding hydrogens is 361 g/mol. The van der Waals surface area contributed by atoms with Crippen LogP contribution < -0.4 is 11.0 Å². The number of nitrogens with zero attached hydrogens (tertiary/aromatic N) is 4. The van der Waals surface area contributed by atoms with E-state index in [1.807, 2.05) is 5.32 Å². The number of amides is 1. The zero-order valence-electron chi connectivity index (χ0n) is 11.1. The molecule has 0 fully saturated rings. The number of pyridine rings is 1. The average Bonchev–Trinajstić information content (AvgIpc) is 2.84. The van der Waals surface area contributed by atoms with Crippen LogP contribution in [0.4, 0.5) is 9.18 Å². The molecule has 0 radical (unpaired) electrons. The molecule has 10 heteroatoms. The van der Waals surface area contributed by atoms with Crippen molar-refractivity contribution >= 4 is 22.0 Å². The second-order valence-electron chi connectivity index (χ2n) is 4.20. The van der Waals surface area contributed by atoms with E-state index in [9.17, 15) is 14.0 Å². The van der Waals surface area contributed by atoms with Crippen LogP contribution in [0.3, 0.4) is 0 Å². The molecule has 0 saturated carbocycles. The van der Waals surface area contributed by atoms with Gasteiger partial charge in [-0.25, -0.2) is 28.2 Å². The van der Waals surface area contributed by atoms with Gasteiger partial charge in [0.25, 0.3) is 0 Å². The minimum absolute atomic E-state index is 0.0666. The highest BCUT2D eigenvalue weighted by atomic mass is 79.9. The van der Waals surface area contributed by atoms with Crippen molar-refractivity contribution in [3.8, 4) is 5.82 Å². The van der Waals surface area contributed by atoms with Gasteiger partial charge in [-0.05, 0) is 17.7 Å². The third-order valence-electron chi connectivity index (χ3n) is 2.66. The lowest BCUT2D eigenvalue weighted by Gasteiger charge is -2.05. The van der Waals surface area contributed by atoms with E-state index < -0.39 is 11.8 Å². The highest BCUT2D eigenvalue weighted by molar-refractivity contribution is 9.10. The molecule has 0 unspecified atom stereocenters. The lowest BCUT2D eigenvalue weighted by Crippen LogP contribution is -2.29. The van der Waals surface area contributed by atoms with Crippen molar-refractivity contribution in [2.75, 3.05) is 6.54 Å². The maximum atomic E-state index is 12.7. The maximum absolute atomic E-state index is 12.7.